The van der Waals surface area contributed by atoms with Crippen molar-refractivity contribution in [3.05, 3.63) is 79.1 Å². The first-order chi connectivity index (χ1) is 15.0. The molecule has 2 N–H and O–H groups in total. The van der Waals surface area contributed by atoms with Crippen LogP contribution in [0.25, 0.3) is 10.8 Å². The van der Waals surface area contributed by atoms with Crippen LogP contribution in [0.5, 0.6) is 0 Å². The molecule has 2 aromatic heterocycles. The molecule has 1 atom stereocenters. The summed E-state index contributed by atoms with van der Waals surface area (Å²) in [5.74, 6) is -3.27. The molecule has 1 aromatic carbocycles. The lowest BCUT2D eigenvalue weighted by Crippen LogP contribution is -2.38. The van der Waals surface area contributed by atoms with Crippen LogP contribution in [0.4, 0.5) is 22.0 Å². The van der Waals surface area contributed by atoms with E-state index in [1.807, 2.05) is 4.98 Å². The zero-order valence-corrected chi connectivity index (χ0v) is 16.3. The minimum Gasteiger partial charge on any atom is -0.373 e. The normalized spacial score (nSPS) is 16.1. The molecule has 7 nitrogen and oxygen atoms in total. The molecule has 1 aliphatic heterocycles. The fraction of sp³-hybridized carbons (Fsp3) is 0.250. The van der Waals surface area contributed by atoms with E-state index in [2.05, 4.69) is 4.98 Å². The number of alkyl halides is 3. The third-order valence-electron chi connectivity index (χ3n) is 5.27. The molecule has 32 heavy (non-hydrogen) atoms. The molecule has 0 fully saturated rings. The fourth-order valence-corrected chi connectivity index (χ4v) is 3.70. The molecule has 3 aromatic rings. The number of ether oxygens (including phenoxy) is 1. The summed E-state index contributed by atoms with van der Waals surface area (Å²) in [4.78, 5) is 42.5. The number of pyridine rings is 2. The monoisotopic (exact) mass is 455 g/mol. The molecule has 0 saturated heterocycles. The number of amides is 1. The van der Waals surface area contributed by atoms with Gasteiger partial charge in [-0.1, -0.05) is 0 Å². The van der Waals surface area contributed by atoms with E-state index in [1.54, 1.807) is 0 Å². The van der Waals surface area contributed by atoms with Crippen LogP contribution >= 0.6 is 0 Å². The Morgan fingerprint density at radius 2 is 1.72 bits per heavy atom. The Morgan fingerprint density at radius 3 is 2.34 bits per heavy atom. The molecular formula is C20H14F5N3O4. The highest BCUT2D eigenvalue weighted by Gasteiger charge is 2.35. The summed E-state index contributed by atoms with van der Waals surface area (Å²) in [6.07, 6.45) is -4.89. The van der Waals surface area contributed by atoms with Crippen LogP contribution in [0, 0.1) is 11.6 Å². The Kier molecular flexibility index (Phi) is 5.12. The first-order valence-corrected chi connectivity index (χ1v) is 9.18. The Morgan fingerprint density at radius 1 is 1.06 bits per heavy atom. The summed E-state index contributed by atoms with van der Waals surface area (Å²) in [5.41, 5.74) is -3.49. The maximum absolute atomic E-state index is 13.9. The number of fused-ring (bicyclic) bond motifs is 3. The van der Waals surface area contributed by atoms with Crippen LogP contribution in [-0.4, -0.2) is 34.4 Å². The van der Waals surface area contributed by atoms with Crippen LogP contribution in [0.15, 0.2) is 33.9 Å². The van der Waals surface area contributed by atoms with Crippen LogP contribution in [0.1, 0.15) is 33.4 Å². The molecule has 12 heteroatoms. The zero-order chi connectivity index (χ0) is 23.4. The largest absolute Gasteiger partial charge is 0.421 e. The number of nitrogens with zero attached hydrogens (tertiary/aromatic N) is 1. The van der Waals surface area contributed by atoms with E-state index >= 15 is 0 Å². The highest BCUT2D eigenvalue weighted by Crippen LogP contribution is 2.34. The van der Waals surface area contributed by atoms with Crippen molar-refractivity contribution in [1.29, 1.82) is 0 Å². The van der Waals surface area contributed by atoms with Crippen molar-refractivity contribution >= 4 is 16.7 Å². The number of nitrogens with one attached hydrogen (secondary N) is 2. The SMILES string of the molecule is CN(C(=O)c1ccc(C(F)(F)F)c(=O)[nH]1)[C@H]1COCc2[nH]c(=O)c3cc(F)c(F)cc3c21. The van der Waals surface area contributed by atoms with Gasteiger partial charge in [-0.15, -0.1) is 0 Å². The van der Waals surface area contributed by atoms with Crippen molar-refractivity contribution in [3.8, 4) is 0 Å². The molecule has 0 saturated carbocycles. The number of carbonyl (C=O) groups is 1. The average Bonchev–Trinajstić information content (AvgIpc) is 2.72. The lowest BCUT2D eigenvalue weighted by molar-refractivity contribution is -0.138. The Hall–Kier alpha value is -3.54. The zero-order valence-electron chi connectivity index (χ0n) is 16.3. The summed E-state index contributed by atoms with van der Waals surface area (Å²) < 4.78 is 71.5. The van der Waals surface area contributed by atoms with E-state index < -0.39 is 52.1 Å². The van der Waals surface area contributed by atoms with Gasteiger partial charge in [-0.2, -0.15) is 13.2 Å². The van der Waals surface area contributed by atoms with Gasteiger partial charge in [0.1, 0.15) is 11.3 Å². The number of halogens is 5. The van der Waals surface area contributed by atoms with Crippen LogP contribution in [0.3, 0.4) is 0 Å². The molecule has 0 bridgehead atoms. The number of likely N-dealkylation sites (N-methyl/N-ethyl adjacent to an activating group) is 1. The molecule has 3 heterocycles. The molecule has 168 valence electrons. The van der Waals surface area contributed by atoms with Crippen molar-refractivity contribution in [1.82, 2.24) is 14.9 Å². The number of aromatic nitrogens is 2. The Balaban J connectivity index is 1.79. The second kappa shape index (κ2) is 7.55. The molecule has 0 aliphatic carbocycles. The van der Waals surface area contributed by atoms with Crippen molar-refractivity contribution in [2.45, 2.75) is 18.8 Å². The summed E-state index contributed by atoms with van der Waals surface area (Å²) in [6.45, 7) is -0.157. The minimum atomic E-state index is -4.89. The van der Waals surface area contributed by atoms with Gasteiger partial charge >= 0.3 is 6.18 Å². The Bertz CT molecular complexity index is 1360. The number of hydrogen-bond acceptors (Lipinski definition) is 4. The lowest BCUT2D eigenvalue weighted by Gasteiger charge is -2.33. The molecule has 0 unspecified atom stereocenters. The van der Waals surface area contributed by atoms with E-state index in [0.717, 1.165) is 23.1 Å². The van der Waals surface area contributed by atoms with Crippen molar-refractivity contribution in [2.75, 3.05) is 13.7 Å². The van der Waals surface area contributed by atoms with Gasteiger partial charge in [0.25, 0.3) is 17.0 Å². The fourth-order valence-electron chi connectivity index (χ4n) is 3.70. The highest BCUT2D eigenvalue weighted by molar-refractivity contribution is 5.93. The number of benzene rings is 1. The third-order valence-corrected chi connectivity index (χ3v) is 5.27. The minimum absolute atomic E-state index is 0.0604. The summed E-state index contributed by atoms with van der Waals surface area (Å²) in [5, 5.41) is -0.0742. The number of hydrogen-bond donors (Lipinski definition) is 2. The first kappa shape index (κ1) is 21.7. The maximum atomic E-state index is 13.9. The number of carbonyl (C=O) groups excluding carboxylic acids is 1. The smallest absolute Gasteiger partial charge is 0.373 e. The van der Waals surface area contributed by atoms with E-state index in [-0.39, 0.29) is 29.7 Å². The molecule has 1 amide bonds. The van der Waals surface area contributed by atoms with E-state index in [4.69, 9.17) is 4.74 Å². The van der Waals surface area contributed by atoms with Crippen LogP contribution in [-0.2, 0) is 17.5 Å². The third kappa shape index (κ3) is 3.55. The second-order valence-corrected chi connectivity index (χ2v) is 7.22. The molecular weight excluding hydrogens is 441 g/mol. The predicted molar refractivity (Wildman–Crippen MR) is 101 cm³/mol. The van der Waals surface area contributed by atoms with Gasteiger partial charge in [0.15, 0.2) is 11.6 Å². The van der Waals surface area contributed by atoms with Gasteiger partial charge in [-0.25, -0.2) is 8.78 Å². The van der Waals surface area contributed by atoms with E-state index in [9.17, 15) is 36.3 Å². The van der Waals surface area contributed by atoms with Crippen molar-refractivity contribution < 1.29 is 31.5 Å². The van der Waals surface area contributed by atoms with Gasteiger partial charge in [-0.05, 0) is 29.7 Å². The summed E-state index contributed by atoms with van der Waals surface area (Å²) in [6, 6.07) is 1.99. The van der Waals surface area contributed by atoms with Crippen LogP contribution in [0.2, 0.25) is 0 Å². The van der Waals surface area contributed by atoms with Gasteiger partial charge < -0.3 is 19.6 Å². The maximum Gasteiger partial charge on any atom is 0.421 e. The highest BCUT2D eigenvalue weighted by atomic mass is 19.4. The van der Waals surface area contributed by atoms with Gasteiger partial charge in [-0.3, -0.25) is 14.4 Å². The summed E-state index contributed by atoms with van der Waals surface area (Å²) in [7, 11) is 1.30. The molecule has 0 spiro atoms. The number of rotatable bonds is 2. The first-order valence-electron chi connectivity index (χ1n) is 9.18. The van der Waals surface area contributed by atoms with Crippen LogP contribution < -0.4 is 11.1 Å². The number of aromatic amines is 2. The van der Waals surface area contributed by atoms with E-state index in [0.29, 0.717) is 11.6 Å². The number of H-pyrrole nitrogens is 2. The van der Waals surface area contributed by atoms with Crippen molar-refractivity contribution in [3.63, 3.8) is 0 Å². The molecule has 4 rings (SSSR count). The predicted octanol–water partition coefficient (Wildman–Crippen LogP) is 2.86. The van der Waals surface area contributed by atoms with Gasteiger partial charge in [0.05, 0.1) is 24.6 Å². The lowest BCUT2D eigenvalue weighted by atomic mass is 9.95. The van der Waals surface area contributed by atoms with Gasteiger partial charge in [0, 0.05) is 18.3 Å². The van der Waals surface area contributed by atoms with Gasteiger partial charge in [0.2, 0.25) is 0 Å². The average molecular weight is 455 g/mol. The standard InChI is InChI=1S/C20H14F5N3O4/c1-28(19(31)13-3-2-10(18(30)26-13)20(23,24)25)15-7-32-6-14-16(15)8-4-11(21)12(22)5-9(8)17(29)27-14/h2-5,15H,6-7H2,1H3,(H,26,30)(H,27,29)/t15-/m0/s1. The van der Waals surface area contributed by atoms with E-state index in [1.165, 1.54) is 7.05 Å². The van der Waals surface area contributed by atoms with Crippen molar-refractivity contribution in [2.24, 2.45) is 0 Å². The molecule has 1 aliphatic rings. The second-order valence-electron chi connectivity index (χ2n) is 7.22. The summed E-state index contributed by atoms with van der Waals surface area (Å²) >= 11 is 0. The topological polar surface area (TPSA) is 95.3 Å². The Labute approximate surface area is 175 Å². The molecule has 0 radical (unpaired) electrons. The quantitative estimate of drug-likeness (QED) is 0.581.